The lowest BCUT2D eigenvalue weighted by atomic mass is 9.93. The van der Waals surface area contributed by atoms with Gasteiger partial charge < -0.3 is 20.3 Å². The first kappa shape index (κ1) is 29.2. The van der Waals surface area contributed by atoms with Crippen LogP contribution in [0.25, 0.3) is 0 Å². The molecular formula is C29H43N3O4. The normalized spacial score (nSPS) is 15.9. The van der Waals surface area contributed by atoms with Crippen LogP contribution >= 0.6 is 0 Å². The van der Waals surface area contributed by atoms with Crippen molar-refractivity contribution in [2.45, 2.75) is 104 Å². The molecule has 1 aromatic rings. The van der Waals surface area contributed by atoms with Gasteiger partial charge in [0.15, 0.2) is 0 Å². The second-order valence-electron chi connectivity index (χ2n) is 10.9. The smallest absolute Gasteiger partial charge is 0.408 e. The van der Waals surface area contributed by atoms with Crippen LogP contribution in [0.3, 0.4) is 0 Å². The van der Waals surface area contributed by atoms with E-state index in [1.165, 1.54) is 11.3 Å². The fourth-order valence-electron chi connectivity index (χ4n) is 4.65. The molecule has 1 aliphatic carbocycles. The lowest BCUT2D eigenvalue weighted by Gasteiger charge is -2.35. The highest BCUT2D eigenvalue weighted by Gasteiger charge is 2.37. The second kappa shape index (κ2) is 13.3. The van der Waals surface area contributed by atoms with Crippen LogP contribution < -0.4 is 10.6 Å². The molecule has 7 nitrogen and oxygen atoms in total. The Labute approximate surface area is 216 Å². The molecule has 0 aliphatic heterocycles. The van der Waals surface area contributed by atoms with E-state index in [-0.39, 0.29) is 30.3 Å². The summed E-state index contributed by atoms with van der Waals surface area (Å²) in [7, 11) is 0. The van der Waals surface area contributed by atoms with Gasteiger partial charge in [-0.3, -0.25) is 9.59 Å². The summed E-state index contributed by atoms with van der Waals surface area (Å²) in [6.07, 6.45) is 10.7. The van der Waals surface area contributed by atoms with Crippen LogP contribution in [0.1, 0.15) is 97.2 Å². The molecule has 0 saturated heterocycles. The Morgan fingerprint density at radius 2 is 1.78 bits per heavy atom. The summed E-state index contributed by atoms with van der Waals surface area (Å²) in [6.45, 7) is 11.4. The number of terminal acetylenes is 1. The number of nitrogens with zero attached hydrogens (tertiary/aromatic N) is 1. The van der Waals surface area contributed by atoms with Crippen molar-refractivity contribution >= 4 is 17.9 Å². The minimum Gasteiger partial charge on any atom is -0.444 e. The van der Waals surface area contributed by atoms with Gasteiger partial charge in [-0.2, -0.15) is 0 Å². The lowest BCUT2D eigenvalue weighted by Crippen LogP contribution is -2.54. The number of nitrogens with one attached hydrogen (secondary N) is 2. The lowest BCUT2D eigenvalue weighted by molar-refractivity contribution is -0.143. The van der Waals surface area contributed by atoms with Crippen LogP contribution in [0.2, 0.25) is 0 Å². The van der Waals surface area contributed by atoms with Crippen LogP contribution in [-0.2, 0) is 14.3 Å². The van der Waals surface area contributed by atoms with Gasteiger partial charge in [-0.05, 0) is 64.5 Å². The molecule has 0 heterocycles. The summed E-state index contributed by atoms with van der Waals surface area (Å²) in [6, 6.07) is 5.54. The number of likely N-dealkylation sites (N-methyl/N-ethyl adjacent to an activating group) is 1. The van der Waals surface area contributed by atoms with E-state index in [1.54, 1.807) is 32.9 Å². The molecule has 198 valence electrons. The summed E-state index contributed by atoms with van der Waals surface area (Å²) >= 11 is 0. The fourth-order valence-corrected chi connectivity index (χ4v) is 4.65. The zero-order valence-electron chi connectivity index (χ0n) is 22.7. The van der Waals surface area contributed by atoms with E-state index >= 15 is 0 Å². The third-order valence-electron chi connectivity index (χ3n) is 6.24. The monoisotopic (exact) mass is 497 g/mol. The Morgan fingerprint density at radius 3 is 2.33 bits per heavy atom. The van der Waals surface area contributed by atoms with Gasteiger partial charge in [0, 0.05) is 18.2 Å². The zero-order valence-corrected chi connectivity index (χ0v) is 22.7. The maximum absolute atomic E-state index is 13.9. The van der Waals surface area contributed by atoms with E-state index in [2.05, 4.69) is 16.6 Å². The molecule has 2 rings (SSSR count). The molecule has 2 N–H and O–H groups in total. The van der Waals surface area contributed by atoms with Gasteiger partial charge in [0.1, 0.15) is 17.7 Å². The maximum Gasteiger partial charge on any atom is 0.408 e. The fraction of sp³-hybridized carbons (Fsp3) is 0.621. The number of benzene rings is 1. The summed E-state index contributed by atoms with van der Waals surface area (Å²) in [5.74, 6) is 2.20. The Morgan fingerprint density at radius 1 is 1.14 bits per heavy atom. The van der Waals surface area contributed by atoms with Crippen LogP contribution in [0.4, 0.5) is 4.79 Å². The molecular weight excluding hydrogens is 454 g/mol. The number of hydrogen-bond acceptors (Lipinski definition) is 4. The summed E-state index contributed by atoms with van der Waals surface area (Å²) < 4.78 is 5.42. The Hall–Kier alpha value is -3.01. The van der Waals surface area contributed by atoms with Crippen LogP contribution in [-0.4, -0.2) is 47.0 Å². The van der Waals surface area contributed by atoms with Crippen LogP contribution in [0, 0.1) is 18.3 Å². The van der Waals surface area contributed by atoms with Crippen LogP contribution in [0.5, 0.6) is 0 Å². The molecule has 1 aromatic carbocycles. The standard InChI is InChI=1S/C29H43N3O4/c1-8-21-15-13-14-18-23(21)25(26(33)30-22-16-11-10-12-17-22)32(9-2)27(34)24(19-20(3)4)31-28(35)36-29(5,6)7/h1,13-15,18,20,22,24-25H,9-12,16-17,19H2,2-7H3,(H,30,33)(H,31,35). The minimum absolute atomic E-state index is 0.0758. The molecule has 7 heteroatoms. The molecule has 2 unspecified atom stereocenters. The average Bonchev–Trinajstić information content (AvgIpc) is 2.80. The van der Waals surface area contributed by atoms with Crippen LogP contribution in [0.15, 0.2) is 24.3 Å². The van der Waals surface area contributed by atoms with Crippen molar-refractivity contribution < 1.29 is 19.1 Å². The first-order valence-corrected chi connectivity index (χ1v) is 13.1. The second-order valence-corrected chi connectivity index (χ2v) is 10.9. The van der Waals surface area contributed by atoms with Crippen molar-refractivity contribution in [3.63, 3.8) is 0 Å². The topological polar surface area (TPSA) is 87.7 Å². The van der Waals surface area contributed by atoms with Crippen molar-refractivity contribution in [3.8, 4) is 12.3 Å². The highest BCUT2D eigenvalue weighted by molar-refractivity contribution is 5.92. The molecule has 2 atom stereocenters. The van der Waals surface area contributed by atoms with E-state index in [1.807, 2.05) is 32.9 Å². The summed E-state index contributed by atoms with van der Waals surface area (Å²) in [5, 5.41) is 5.93. The zero-order chi connectivity index (χ0) is 26.9. The molecule has 0 spiro atoms. The van der Waals surface area contributed by atoms with Crippen molar-refractivity contribution in [2.24, 2.45) is 5.92 Å². The highest BCUT2D eigenvalue weighted by Crippen LogP contribution is 2.27. The Kier molecular flexibility index (Phi) is 10.8. The molecule has 36 heavy (non-hydrogen) atoms. The highest BCUT2D eigenvalue weighted by atomic mass is 16.6. The van der Waals surface area contributed by atoms with Gasteiger partial charge in [-0.1, -0.05) is 57.2 Å². The SMILES string of the molecule is C#Cc1ccccc1C(C(=O)NC1CCCCC1)N(CC)C(=O)C(CC(C)C)NC(=O)OC(C)(C)C. The molecule has 0 aromatic heterocycles. The quantitative estimate of drug-likeness (QED) is 0.473. The van der Waals surface area contributed by atoms with Crippen molar-refractivity contribution in [1.82, 2.24) is 15.5 Å². The number of hydrogen-bond donors (Lipinski definition) is 2. The Bertz CT molecular complexity index is 939. The van der Waals surface area contributed by atoms with Crippen molar-refractivity contribution in [1.29, 1.82) is 0 Å². The third kappa shape index (κ3) is 8.58. The predicted molar refractivity (Wildman–Crippen MR) is 142 cm³/mol. The summed E-state index contributed by atoms with van der Waals surface area (Å²) in [5.41, 5.74) is 0.464. The molecule has 3 amide bonds. The van der Waals surface area contributed by atoms with E-state index in [4.69, 9.17) is 11.2 Å². The van der Waals surface area contributed by atoms with E-state index in [9.17, 15) is 14.4 Å². The van der Waals surface area contributed by atoms with Crippen molar-refractivity contribution in [3.05, 3.63) is 35.4 Å². The number of alkyl carbamates (subject to hydrolysis) is 1. The third-order valence-corrected chi connectivity index (χ3v) is 6.24. The van der Waals surface area contributed by atoms with Gasteiger partial charge >= 0.3 is 6.09 Å². The van der Waals surface area contributed by atoms with Gasteiger partial charge in [0.2, 0.25) is 11.8 Å². The first-order valence-electron chi connectivity index (χ1n) is 13.1. The average molecular weight is 498 g/mol. The number of carbonyl (C=O) groups is 3. The minimum atomic E-state index is -0.910. The first-order chi connectivity index (χ1) is 17.0. The van der Waals surface area contributed by atoms with E-state index < -0.39 is 23.8 Å². The molecule has 1 aliphatic rings. The maximum atomic E-state index is 13.9. The number of rotatable bonds is 9. The van der Waals surface area contributed by atoms with E-state index in [0.29, 0.717) is 17.5 Å². The predicted octanol–water partition coefficient (Wildman–Crippen LogP) is 4.95. The van der Waals surface area contributed by atoms with Gasteiger partial charge in [-0.15, -0.1) is 6.42 Å². The number of carbonyl (C=O) groups excluding carboxylic acids is 3. The van der Waals surface area contributed by atoms with Gasteiger partial charge in [0.05, 0.1) is 0 Å². The number of amides is 3. The van der Waals surface area contributed by atoms with Gasteiger partial charge in [-0.25, -0.2) is 4.79 Å². The van der Waals surface area contributed by atoms with E-state index in [0.717, 1.165) is 25.7 Å². The van der Waals surface area contributed by atoms with Crippen molar-refractivity contribution in [2.75, 3.05) is 6.54 Å². The number of ether oxygens (including phenoxy) is 1. The summed E-state index contributed by atoms with van der Waals surface area (Å²) in [4.78, 5) is 41.8. The molecule has 1 fully saturated rings. The largest absolute Gasteiger partial charge is 0.444 e. The molecule has 1 saturated carbocycles. The van der Waals surface area contributed by atoms with Gasteiger partial charge in [0.25, 0.3) is 0 Å². The molecule has 0 radical (unpaired) electrons. The Balaban J connectivity index is 2.43. The molecule has 0 bridgehead atoms.